The first-order valence-electron chi connectivity index (χ1n) is 7.42. The molecule has 0 aliphatic rings. The summed E-state index contributed by atoms with van der Waals surface area (Å²) in [6, 6.07) is 14.3. The number of anilines is 1. The third-order valence-electron chi connectivity index (χ3n) is 3.69. The summed E-state index contributed by atoms with van der Waals surface area (Å²) in [5.41, 5.74) is 2.77. The minimum Gasteiger partial charge on any atom is -0.545 e. The Labute approximate surface area is 157 Å². The third-order valence-corrected chi connectivity index (χ3v) is 5.12. The molecule has 0 fully saturated rings. The molecule has 126 valence electrons. The Morgan fingerprint density at radius 1 is 1.04 bits per heavy atom. The zero-order chi connectivity index (χ0) is 18.0. The number of hydrogen-bond donors (Lipinski definition) is 1. The summed E-state index contributed by atoms with van der Waals surface area (Å²) in [7, 11) is 0. The lowest BCUT2D eigenvalue weighted by atomic mass is 10.0. The van der Waals surface area contributed by atoms with Crippen LogP contribution in [-0.4, -0.2) is 11.9 Å². The maximum Gasteiger partial charge on any atom is 0.256 e. The highest BCUT2D eigenvalue weighted by atomic mass is 79.9. The monoisotopic (exact) mass is 414 g/mol. The Kier molecular flexibility index (Phi) is 5.01. The van der Waals surface area contributed by atoms with E-state index in [9.17, 15) is 14.7 Å². The van der Waals surface area contributed by atoms with E-state index in [1.54, 1.807) is 17.5 Å². The maximum atomic E-state index is 12.4. The maximum absolute atomic E-state index is 12.4. The quantitative estimate of drug-likeness (QED) is 0.698. The van der Waals surface area contributed by atoms with Crippen molar-refractivity contribution in [3.8, 4) is 11.1 Å². The van der Waals surface area contributed by atoms with Gasteiger partial charge in [-0.1, -0.05) is 45.8 Å². The van der Waals surface area contributed by atoms with Gasteiger partial charge in [0.2, 0.25) is 0 Å². The molecule has 1 N–H and O–H groups in total. The van der Waals surface area contributed by atoms with Gasteiger partial charge in [0.1, 0.15) is 5.00 Å². The first kappa shape index (κ1) is 17.4. The molecule has 1 aromatic heterocycles. The van der Waals surface area contributed by atoms with Crippen molar-refractivity contribution >= 4 is 44.1 Å². The zero-order valence-corrected chi connectivity index (χ0v) is 15.6. The van der Waals surface area contributed by atoms with Crippen LogP contribution >= 0.6 is 27.3 Å². The summed E-state index contributed by atoms with van der Waals surface area (Å²) >= 11 is 4.52. The van der Waals surface area contributed by atoms with Crippen molar-refractivity contribution in [1.29, 1.82) is 0 Å². The van der Waals surface area contributed by atoms with Gasteiger partial charge in [-0.15, -0.1) is 11.3 Å². The third kappa shape index (κ3) is 3.81. The lowest BCUT2D eigenvalue weighted by Gasteiger charge is -2.10. The number of carbonyl (C=O) groups is 2. The molecule has 4 nitrogen and oxygen atoms in total. The standard InChI is InChI=1S/C19H14BrNO3S/c1-11-2-4-13(5-3-11)17(22)21-18-16(19(23)24)15(10-25-18)12-6-8-14(20)9-7-12/h2-10H,1H3,(H,21,22)(H,23,24)/p-1. The van der Waals surface area contributed by atoms with E-state index in [-0.39, 0.29) is 16.5 Å². The average molecular weight is 415 g/mol. The molecule has 3 aromatic rings. The second kappa shape index (κ2) is 7.21. The second-order valence-electron chi connectivity index (χ2n) is 5.47. The molecule has 2 aromatic carbocycles. The van der Waals surface area contributed by atoms with Crippen LogP contribution in [0.4, 0.5) is 5.00 Å². The summed E-state index contributed by atoms with van der Waals surface area (Å²) in [4.78, 5) is 24.0. The highest BCUT2D eigenvalue weighted by molar-refractivity contribution is 9.10. The summed E-state index contributed by atoms with van der Waals surface area (Å²) in [6.45, 7) is 1.93. The van der Waals surface area contributed by atoms with Crippen LogP contribution in [-0.2, 0) is 0 Å². The predicted octanol–water partition coefficient (Wildman–Crippen LogP) is 4.10. The number of thiophene rings is 1. The normalized spacial score (nSPS) is 10.5. The van der Waals surface area contributed by atoms with Gasteiger partial charge in [0.25, 0.3) is 5.91 Å². The molecule has 0 aliphatic carbocycles. The van der Waals surface area contributed by atoms with E-state index in [1.807, 2.05) is 43.3 Å². The minimum absolute atomic E-state index is 0.00668. The largest absolute Gasteiger partial charge is 0.545 e. The van der Waals surface area contributed by atoms with Crippen molar-refractivity contribution in [3.63, 3.8) is 0 Å². The fourth-order valence-corrected chi connectivity index (χ4v) is 3.59. The van der Waals surface area contributed by atoms with Crippen molar-refractivity contribution in [1.82, 2.24) is 0 Å². The SMILES string of the molecule is Cc1ccc(C(=O)Nc2scc(-c3ccc(Br)cc3)c2C(=O)[O-])cc1. The number of halogens is 1. The number of aromatic carboxylic acids is 1. The number of rotatable bonds is 4. The van der Waals surface area contributed by atoms with Gasteiger partial charge in [-0.05, 0) is 36.8 Å². The predicted molar refractivity (Wildman–Crippen MR) is 101 cm³/mol. The molecule has 0 radical (unpaired) electrons. The number of aryl methyl sites for hydroxylation is 1. The molecule has 0 saturated carbocycles. The van der Waals surface area contributed by atoms with Gasteiger partial charge in [-0.2, -0.15) is 0 Å². The highest BCUT2D eigenvalue weighted by Crippen LogP contribution is 2.35. The summed E-state index contributed by atoms with van der Waals surface area (Å²) in [6.07, 6.45) is 0. The van der Waals surface area contributed by atoms with Crippen LogP contribution in [0.5, 0.6) is 0 Å². The van der Waals surface area contributed by atoms with E-state index in [1.165, 1.54) is 11.3 Å². The summed E-state index contributed by atoms with van der Waals surface area (Å²) in [5.74, 6) is -1.68. The fraction of sp³-hybridized carbons (Fsp3) is 0.0526. The van der Waals surface area contributed by atoms with Crippen molar-refractivity contribution in [2.45, 2.75) is 6.92 Å². The first-order valence-corrected chi connectivity index (χ1v) is 9.10. The number of benzene rings is 2. The summed E-state index contributed by atoms with van der Waals surface area (Å²) < 4.78 is 0.898. The Hall–Kier alpha value is -2.44. The van der Waals surface area contributed by atoms with E-state index in [4.69, 9.17) is 0 Å². The van der Waals surface area contributed by atoms with Crippen LogP contribution < -0.4 is 10.4 Å². The molecule has 0 bridgehead atoms. The molecule has 25 heavy (non-hydrogen) atoms. The van der Waals surface area contributed by atoms with Crippen LogP contribution in [0.3, 0.4) is 0 Å². The van der Waals surface area contributed by atoms with E-state index in [0.717, 1.165) is 15.6 Å². The van der Waals surface area contributed by atoms with Crippen LogP contribution in [0.25, 0.3) is 11.1 Å². The molecule has 0 unspecified atom stereocenters. The highest BCUT2D eigenvalue weighted by Gasteiger charge is 2.17. The number of carboxylic acid groups (broad SMARTS) is 1. The van der Waals surface area contributed by atoms with Crippen LogP contribution in [0.1, 0.15) is 26.3 Å². The van der Waals surface area contributed by atoms with Crippen LogP contribution in [0.2, 0.25) is 0 Å². The number of hydrogen-bond acceptors (Lipinski definition) is 4. The van der Waals surface area contributed by atoms with Gasteiger partial charge < -0.3 is 15.2 Å². The molecule has 1 amide bonds. The Morgan fingerprint density at radius 2 is 1.68 bits per heavy atom. The van der Waals surface area contributed by atoms with Crippen molar-refractivity contribution in [2.75, 3.05) is 5.32 Å². The van der Waals surface area contributed by atoms with Gasteiger partial charge in [-0.25, -0.2) is 0 Å². The lowest BCUT2D eigenvalue weighted by Crippen LogP contribution is -2.24. The summed E-state index contributed by atoms with van der Waals surface area (Å²) in [5, 5.41) is 16.3. The second-order valence-corrected chi connectivity index (χ2v) is 7.26. The van der Waals surface area contributed by atoms with Crippen molar-refractivity contribution in [3.05, 3.63) is 75.1 Å². The molecule has 0 spiro atoms. The molecular weight excluding hydrogens is 402 g/mol. The lowest BCUT2D eigenvalue weighted by molar-refractivity contribution is -0.254. The van der Waals surface area contributed by atoms with E-state index >= 15 is 0 Å². The molecule has 1 heterocycles. The molecule has 0 atom stereocenters. The zero-order valence-electron chi connectivity index (χ0n) is 13.2. The Bertz CT molecular complexity index is 930. The topological polar surface area (TPSA) is 69.2 Å². The van der Waals surface area contributed by atoms with E-state index < -0.39 is 5.97 Å². The number of nitrogens with one attached hydrogen (secondary N) is 1. The van der Waals surface area contributed by atoms with E-state index in [0.29, 0.717) is 11.1 Å². The van der Waals surface area contributed by atoms with Gasteiger partial charge in [0, 0.05) is 26.5 Å². The van der Waals surface area contributed by atoms with Gasteiger partial charge in [-0.3, -0.25) is 4.79 Å². The number of amides is 1. The smallest absolute Gasteiger partial charge is 0.256 e. The van der Waals surface area contributed by atoms with Crippen LogP contribution in [0, 0.1) is 6.92 Å². The molecule has 3 rings (SSSR count). The van der Waals surface area contributed by atoms with Gasteiger partial charge >= 0.3 is 0 Å². The molecule has 6 heteroatoms. The average Bonchev–Trinajstić information content (AvgIpc) is 3.00. The molecule has 0 saturated heterocycles. The van der Waals surface area contributed by atoms with Gasteiger partial charge in [0.05, 0.1) is 5.97 Å². The van der Waals surface area contributed by atoms with Crippen molar-refractivity contribution < 1.29 is 14.7 Å². The first-order chi connectivity index (χ1) is 12.0. The van der Waals surface area contributed by atoms with Crippen LogP contribution in [0.15, 0.2) is 58.4 Å². The number of carboxylic acids is 1. The Morgan fingerprint density at radius 3 is 2.28 bits per heavy atom. The van der Waals surface area contributed by atoms with Gasteiger partial charge in [0.15, 0.2) is 0 Å². The minimum atomic E-state index is -1.32. The molecular formula is C19H13BrNO3S-. The fourth-order valence-electron chi connectivity index (χ4n) is 2.37. The number of carbonyl (C=O) groups excluding carboxylic acids is 2. The molecule has 0 aliphatic heterocycles. The Balaban J connectivity index is 1.94. The van der Waals surface area contributed by atoms with E-state index in [2.05, 4.69) is 21.2 Å². The van der Waals surface area contributed by atoms with Crippen molar-refractivity contribution in [2.24, 2.45) is 0 Å².